The fourth-order valence-electron chi connectivity index (χ4n) is 0.799. The molecule has 0 aromatic carbocycles. The lowest BCUT2D eigenvalue weighted by molar-refractivity contribution is -0.379. The molecule has 0 N–H and O–H groups in total. The Morgan fingerprint density at radius 3 is 1.90 bits per heavy atom. The maximum Gasteiger partial charge on any atom is 0.523 e. The quantitative estimate of drug-likeness (QED) is 0.291. The monoisotopic (exact) mass is 354 g/mol. The summed E-state index contributed by atoms with van der Waals surface area (Å²) in [5, 5.41) is 0. The van der Waals surface area contributed by atoms with E-state index in [0.29, 0.717) is 0 Å². The number of rotatable bonds is 8. The van der Waals surface area contributed by atoms with Gasteiger partial charge in [0.25, 0.3) is 6.36 Å². The zero-order chi connectivity index (χ0) is 17.1. The van der Waals surface area contributed by atoms with Crippen molar-refractivity contribution < 1.29 is 52.5 Å². The van der Waals surface area contributed by atoms with Crippen molar-refractivity contribution in [2.24, 2.45) is 0 Å². The fraction of sp³-hybridized carbons (Fsp3) is 1.00. The minimum absolute atomic E-state index is 0.121. The predicted molar refractivity (Wildman–Crippen MR) is 51.7 cm³/mol. The molecule has 0 radical (unpaired) electrons. The number of unbranched alkanes of at least 4 members (excludes halogenated alkanes) is 1. The van der Waals surface area contributed by atoms with Crippen molar-refractivity contribution >= 4 is 10.1 Å². The molecule has 0 saturated carbocycles. The average Bonchev–Trinajstić information content (AvgIpc) is 2.26. The number of alkyl halides is 8. The maximum atomic E-state index is 12.9. The topological polar surface area (TPSA) is 52.6 Å². The van der Waals surface area contributed by atoms with E-state index in [-0.39, 0.29) is 12.8 Å². The van der Waals surface area contributed by atoms with Gasteiger partial charge in [-0.2, -0.15) is 39.2 Å². The van der Waals surface area contributed by atoms with Crippen LogP contribution in [0.25, 0.3) is 0 Å². The van der Waals surface area contributed by atoms with E-state index in [1.165, 1.54) is 6.92 Å². The van der Waals surface area contributed by atoms with Crippen molar-refractivity contribution in [3.05, 3.63) is 0 Å². The van der Waals surface area contributed by atoms with Gasteiger partial charge in [0.15, 0.2) is 0 Å². The first kappa shape index (κ1) is 20.3. The van der Waals surface area contributed by atoms with E-state index in [1.807, 2.05) is 0 Å². The van der Waals surface area contributed by atoms with Crippen LogP contribution < -0.4 is 0 Å². The number of ether oxygens (including phenoxy) is 1. The molecule has 0 aliphatic heterocycles. The van der Waals surface area contributed by atoms with E-state index in [4.69, 9.17) is 0 Å². The summed E-state index contributed by atoms with van der Waals surface area (Å²) in [6, 6.07) is 0. The van der Waals surface area contributed by atoms with E-state index in [2.05, 4.69) is 8.92 Å². The van der Waals surface area contributed by atoms with Gasteiger partial charge in [-0.15, -0.1) is 0 Å². The van der Waals surface area contributed by atoms with Crippen molar-refractivity contribution in [1.29, 1.82) is 0 Å². The second-order valence-corrected chi connectivity index (χ2v) is 5.22. The fourth-order valence-corrected chi connectivity index (χ4v) is 1.25. The van der Waals surface area contributed by atoms with Gasteiger partial charge in [-0.1, -0.05) is 13.3 Å². The van der Waals surface area contributed by atoms with Gasteiger partial charge in [0.05, 0.1) is 6.61 Å². The highest BCUT2D eigenvalue weighted by Gasteiger charge is 2.67. The highest BCUT2D eigenvalue weighted by Crippen LogP contribution is 2.41. The Morgan fingerprint density at radius 1 is 1.05 bits per heavy atom. The molecule has 1 unspecified atom stereocenters. The Bertz CT molecular complexity index is 432. The molecule has 1 atom stereocenters. The summed E-state index contributed by atoms with van der Waals surface area (Å²) < 4.78 is 126. The summed E-state index contributed by atoms with van der Waals surface area (Å²) in [6.45, 7) is 0.536. The first-order chi connectivity index (χ1) is 9.19. The largest absolute Gasteiger partial charge is 0.523 e. The molecule has 0 aliphatic carbocycles. The van der Waals surface area contributed by atoms with Crippen molar-refractivity contribution in [2.75, 3.05) is 6.61 Å². The van der Waals surface area contributed by atoms with Crippen molar-refractivity contribution in [1.82, 2.24) is 0 Å². The van der Waals surface area contributed by atoms with Crippen LogP contribution in [0.1, 0.15) is 19.8 Å². The molecule has 0 fully saturated rings. The molecular formula is C8H10F8O4S. The van der Waals surface area contributed by atoms with Crippen LogP contribution in [0, 0.1) is 0 Å². The number of hydrogen-bond acceptors (Lipinski definition) is 4. The normalized spacial score (nSPS) is 16.0. The van der Waals surface area contributed by atoms with E-state index < -0.39 is 40.6 Å². The zero-order valence-corrected chi connectivity index (χ0v) is 11.1. The summed E-state index contributed by atoms with van der Waals surface area (Å²) >= 11 is 0. The van der Waals surface area contributed by atoms with Crippen LogP contribution in [0.2, 0.25) is 0 Å². The number of hydrogen-bond donors (Lipinski definition) is 0. The van der Waals surface area contributed by atoms with Gasteiger partial charge in [0, 0.05) is 0 Å². The van der Waals surface area contributed by atoms with Gasteiger partial charge in [0.2, 0.25) is 0 Å². The molecule has 128 valence electrons. The molecule has 0 spiro atoms. The van der Waals surface area contributed by atoms with Gasteiger partial charge in [0.1, 0.15) is 0 Å². The maximum absolute atomic E-state index is 12.9. The molecule has 0 saturated heterocycles. The minimum Gasteiger partial charge on any atom is -0.316 e. The van der Waals surface area contributed by atoms with Crippen LogP contribution in [-0.2, 0) is 19.0 Å². The first-order valence-corrected chi connectivity index (χ1v) is 6.63. The van der Waals surface area contributed by atoms with Crippen LogP contribution in [-0.4, -0.2) is 38.9 Å². The zero-order valence-electron chi connectivity index (χ0n) is 10.3. The van der Waals surface area contributed by atoms with Gasteiger partial charge < -0.3 is 4.74 Å². The second-order valence-electron chi connectivity index (χ2n) is 3.65. The van der Waals surface area contributed by atoms with Crippen molar-refractivity contribution in [3.8, 4) is 0 Å². The molecule has 0 aromatic rings. The lowest BCUT2D eigenvalue weighted by Crippen LogP contribution is -2.52. The smallest absolute Gasteiger partial charge is 0.316 e. The number of halogens is 8. The van der Waals surface area contributed by atoms with E-state index in [9.17, 15) is 43.5 Å². The SMILES string of the molecule is CCCCOC(F)(F)C(F)(F)C(F)OS(=O)(=O)C(F)(F)F. The molecule has 0 heterocycles. The summed E-state index contributed by atoms with van der Waals surface area (Å²) in [5.41, 5.74) is -6.24. The van der Waals surface area contributed by atoms with Crippen LogP contribution in [0.5, 0.6) is 0 Å². The third-order valence-corrected chi connectivity index (χ3v) is 2.94. The Hall–Kier alpha value is -0.690. The lowest BCUT2D eigenvalue weighted by Gasteiger charge is -2.28. The summed E-state index contributed by atoms with van der Waals surface area (Å²) in [4.78, 5) is 0. The summed E-state index contributed by atoms with van der Waals surface area (Å²) in [7, 11) is -6.81. The standard InChI is InChI=1S/C8H10F8O4S/c1-2-3-4-19-7(12,13)6(10,11)5(9)20-21(17,18)8(14,15)16/h5H,2-4H2,1H3. The van der Waals surface area contributed by atoms with Gasteiger partial charge in [-0.25, -0.2) is 8.57 Å². The molecule has 0 rings (SSSR count). The molecule has 4 nitrogen and oxygen atoms in total. The molecule has 0 amide bonds. The Morgan fingerprint density at radius 2 is 1.52 bits per heavy atom. The molecule has 13 heteroatoms. The minimum atomic E-state index is -6.81. The van der Waals surface area contributed by atoms with Gasteiger partial charge >= 0.3 is 27.7 Å². The Labute approximate surface area is 114 Å². The van der Waals surface area contributed by atoms with E-state index in [0.717, 1.165) is 0 Å². The van der Waals surface area contributed by atoms with Crippen molar-refractivity contribution in [3.63, 3.8) is 0 Å². The third kappa shape index (κ3) is 4.92. The third-order valence-electron chi connectivity index (χ3n) is 1.95. The van der Waals surface area contributed by atoms with Gasteiger partial charge in [-0.05, 0) is 6.42 Å². The van der Waals surface area contributed by atoms with Crippen LogP contribution in [0.4, 0.5) is 35.1 Å². The van der Waals surface area contributed by atoms with Gasteiger partial charge in [-0.3, -0.25) is 0 Å². The Balaban J connectivity index is 5.06. The second kappa shape index (κ2) is 6.60. The summed E-state index contributed by atoms with van der Waals surface area (Å²) in [5.74, 6) is -5.95. The van der Waals surface area contributed by atoms with E-state index >= 15 is 0 Å². The molecule has 0 aliphatic rings. The average molecular weight is 354 g/mol. The predicted octanol–water partition coefficient (Wildman–Crippen LogP) is 3.19. The van der Waals surface area contributed by atoms with Crippen LogP contribution in [0.3, 0.4) is 0 Å². The molecular weight excluding hydrogens is 344 g/mol. The van der Waals surface area contributed by atoms with Crippen LogP contribution in [0.15, 0.2) is 0 Å². The van der Waals surface area contributed by atoms with Crippen LogP contribution >= 0.6 is 0 Å². The van der Waals surface area contributed by atoms with Crippen molar-refractivity contribution in [2.45, 2.75) is 43.7 Å². The molecule has 0 bridgehead atoms. The van der Waals surface area contributed by atoms with E-state index in [1.54, 1.807) is 0 Å². The Kier molecular flexibility index (Phi) is 6.39. The first-order valence-electron chi connectivity index (χ1n) is 5.22. The lowest BCUT2D eigenvalue weighted by atomic mass is 10.3. The highest BCUT2D eigenvalue weighted by atomic mass is 32.2. The highest BCUT2D eigenvalue weighted by molar-refractivity contribution is 7.87. The molecule has 21 heavy (non-hydrogen) atoms. The molecule has 0 aromatic heterocycles. The summed E-state index contributed by atoms with van der Waals surface area (Å²) in [6.07, 6.45) is -10.2.